The molecule has 2 fully saturated rings. The average molecular weight is 458 g/mol. The third-order valence-electron chi connectivity index (χ3n) is 5.89. The van der Waals surface area contributed by atoms with Crippen LogP contribution >= 0.6 is 0 Å². The van der Waals surface area contributed by atoms with Crippen molar-refractivity contribution in [3.8, 4) is 5.75 Å². The van der Waals surface area contributed by atoms with E-state index in [1.807, 2.05) is 0 Å². The van der Waals surface area contributed by atoms with Gasteiger partial charge in [-0.25, -0.2) is 8.78 Å². The second-order valence-electron chi connectivity index (χ2n) is 7.85. The Hall–Kier alpha value is -3.30. The zero-order valence-electron chi connectivity index (χ0n) is 18.1. The van der Waals surface area contributed by atoms with Crippen LogP contribution < -0.4 is 4.74 Å². The fraction of sp³-hybridized carbons (Fsp3) is 0.333. The standard InChI is InChI=1S/C24H24F2N2O5/c1-32-19-6-5-16(14-18(19)26)22(29)20-21(15-3-2-4-17(25)13-15)28(24(31)23(20)30)8-7-27-9-11-33-12-10-27/h2-6,13-14,21,29H,7-12H2,1H3/b22-20+/t21-/m1/s1. The topological polar surface area (TPSA) is 79.3 Å². The Balaban J connectivity index is 1.75. The van der Waals surface area contributed by atoms with Crippen LogP contribution in [0.2, 0.25) is 0 Å². The lowest BCUT2D eigenvalue weighted by Crippen LogP contribution is -2.42. The highest BCUT2D eigenvalue weighted by Crippen LogP contribution is 2.39. The maximum absolute atomic E-state index is 14.3. The third kappa shape index (κ3) is 4.60. The molecule has 33 heavy (non-hydrogen) atoms. The molecule has 0 saturated carbocycles. The van der Waals surface area contributed by atoms with Crippen molar-refractivity contribution in [2.24, 2.45) is 0 Å². The van der Waals surface area contributed by atoms with Gasteiger partial charge in [0.15, 0.2) is 11.6 Å². The highest BCUT2D eigenvalue weighted by atomic mass is 19.1. The highest BCUT2D eigenvalue weighted by molar-refractivity contribution is 6.46. The number of hydrogen-bond acceptors (Lipinski definition) is 6. The van der Waals surface area contributed by atoms with E-state index < -0.39 is 35.1 Å². The Morgan fingerprint density at radius 1 is 1.12 bits per heavy atom. The van der Waals surface area contributed by atoms with Crippen molar-refractivity contribution in [1.29, 1.82) is 0 Å². The van der Waals surface area contributed by atoms with Crippen molar-refractivity contribution >= 4 is 17.4 Å². The minimum atomic E-state index is -1.01. The zero-order chi connectivity index (χ0) is 23.5. The number of likely N-dealkylation sites (tertiary alicyclic amines) is 1. The van der Waals surface area contributed by atoms with E-state index in [0.717, 1.165) is 6.07 Å². The molecule has 0 aliphatic carbocycles. The Morgan fingerprint density at radius 2 is 1.88 bits per heavy atom. The van der Waals surface area contributed by atoms with Crippen LogP contribution in [-0.2, 0) is 14.3 Å². The first-order valence-corrected chi connectivity index (χ1v) is 10.6. The summed E-state index contributed by atoms with van der Waals surface area (Å²) in [5, 5.41) is 11.0. The van der Waals surface area contributed by atoms with E-state index in [1.165, 1.54) is 42.3 Å². The smallest absolute Gasteiger partial charge is 0.295 e. The summed E-state index contributed by atoms with van der Waals surface area (Å²) in [6.07, 6.45) is 0. The van der Waals surface area contributed by atoms with Gasteiger partial charge in [0.25, 0.3) is 11.7 Å². The number of nitrogens with zero attached hydrogens (tertiary/aromatic N) is 2. The van der Waals surface area contributed by atoms with E-state index in [1.54, 1.807) is 6.07 Å². The SMILES string of the molecule is COc1ccc(/C(O)=C2\C(=O)C(=O)N(CCN3CCOCC3)[C@@H]2c2cccc(F)c2)cc1F. The molecule has 0 spiro atoms. The minimum Gasteiger partial charge on any atom is -0.507 e. The molecule has 2 aliphatic rings. The van der Waals surface area contributed by atoms with Crippen LogP contribution in [0.4, 0.5) is 8.78 Å². The molecule has 4 rings (SSSR count). The van der Waals surface area contributed by atoms with Gasteiger partial charge in [0.1, 0.15) is 11.6 Å². The van der Waals surface area contributed by atoms with Crippen molar-refractivity contribution in [1.82, 2.24) is 9.80 Å². The van der Waals surface area contributed by atoms with Gasteiger partial charge in [0.05, 0.1) is 31.9 Å². The summed E-state index contributed by atoms with van der Waals surface area (Å²) < 4.78 is 38.6. The molecule has 0 aromatic heterocycles. The summed E-state index contributed by atoms with van der Waals surface area (Å²) >= 11 is 0. The molecule has 2 saturated heterocycles. The lowest BCUT2D eigenvalue weighted by Gasteiger charge is -2.31. The van der Waals surface area contributed by atoms with Gasteiger partial charge >= 0.3 is 0 Å². The van der Waals surface area contributed by atoms with Crippen molar-refractivity contribution in [2.45, 2.75) is 6.04 Å². The van der Waals surface area contributed by atoms with E-state index in [-0.39, 0.29) is 23.4 Å². The van der Waals surface area contributed by atoms with E-state index in [4.69, 9.17) is 9.47 Å². The number of ether oxygens (including phenoxy) is 2. The van der Waals surface area contributed by atoms with Gasteiger partial charge in [-0.3, -0.25) is 14.5 Å². The number of methoxy groups -OCH3 is 1. The average Bonchev–Trinajstić information content (AvgIpc) is 3.07. The van der Waals surface area contributed by atoms with Crippen LogP contribution in [0.3, 0.4) is 0 Å². The van der Waals surface area contributed by atoms with Gasteiger partial charge in [-0.05, 0) is 35.9 Å². The Bertz CT molecular complexity index is 1100. The van der Waals surface area contributed by atoms with Gasteiger partial charge < -0.3 is 19.5 Å². The van der Waals surface area contributed by atoms with Crippen molar-refractivity contribution < 1.29 is 33.0 Å². The molecular formula is C24H24F2N2O5. The van der Waals surface area contributed by atoms with Crippen molar-refractivity contribution in [3.05, 3.63) is 70.8 Å². The van der Waals surface area contributed by atoms with Crippen molar-refractivity contribution in [2.75, 3.05) is 46.5 Å². The maximum Gasteiger partial charge on any atom is 0.295 e. The molecule has 0 unspecified atom stereocenters. The molecule has 1 amide bonds. The van der Waals surface area contributed by atoms with Gasteiger partial charge in [0.2, 0.25) is 0 Å². The molecule has 0 bridgehead atoms. The molecule has 9 heteroatoms. The molecule has 1 atom stereocenters. The fourth-order valence-electron chi connectivity index (χ4n) is 4.18. The second-order valence-corrected chi connectivity index (χ2v) is 7.85. The highest BCUT2D eigenvalue weighted by Gasteiger charge is 2.46. The Kier molecular flexibility index (Phi) is 6.71. The van der Waals surface area contributed by atoms with Gasteiger partial charge in [-0.1, -0.05) is 12.1 Å². The number of ketones is 1. The number of benzene rings is 2. The normalized spacial score (nSPS) is 20.9. The van der Waals surface area contributed by atoms with Gasteiger partial charge in [-0.15, -0.1) is 0 Å². The molecule has 0 radical (unpaired) electrons. The van der Waals surface area contributed by atoms with E-state index >= 15 is 0 Å². The molecule has 7 nitrogen and oxygen atoms in total. The number of morpholine rings is 1. The summed E-state index contributed by atoms with van der Waals surface area (Å²) in [5.74, 6) is -3.53. The summed E-state index contributed by atoms with van der Waals surface area (Å²) in [7, 11) is 1.31. The lowest BCUT2D eigenvalue weighted by atomic mass is 9.95. The van der Waals surface area contributed by atoms with E-state index in [0.29, 0.717) is 38.4 Å². The number of aliphatic hydroxyl groups excluding tert-OH is 1. The summed E-state index contributed by atoms with van der Waals surface area (Å²) in [5.41, 5.74) is 0.143. The molecule has 2 aromatic carbocycles. The number of carbonyl (C=O) groups excluding carboxylic acids is 2. The summed E-state index contributed by atoms with van der Waals surface area (Å²) in [6.45, 7) is 3.22. The number of rotatable bonds is 6. The quantitative estimate of drug-likeness (QED) is 0.408. The molecule has 2 aromatic rings. The van der Waals surface area contributed by atoms with Crippen LogP contribution in [0.1, 0.15) is 17.2 Å². The van der Waals surface area contributed by atoms with Crippen LogP contribution in [0.15, 0.2) is 48.0 Å². The zero-order valence-corrected chi connectivity index (χ0v) is 18.1. The third-order valence-corrected chi connectivity index (χ3v) is 5.89. The molecular weight excluding hydrogens is 434 g/mol. The van der Waals surface area contributed by atoms with Crippen LogP contribution in [0.5, 0.6) is 5.75 Å². The van der Waals surface area contributed by atoms with Crippen molar-refractivity contribution in [3.63, 3.8) is 0 Å². The molecule has 174 valence electrons. The predicted molar refractivity (Wildman–Crippen MR) is 116 cm³/mol. The number of carbonyl (C=O) groups is 2. The first-order chi connectivity index (χ1) is 15.9. The Labute approximate surface area is 189 Å². The summed E-state index contributed by atoms with van der Waals surface area (Å²) in [6, 6.07) is 8.26. The monoisotopic (exact) mass is 458 g/mol. The molecule has 2 heterocycles. The first kappa shape index (κ1) is 22.9. The lowest BCUT2D eigenvalue weighted by molar-refractivity contribution is -0.140. The van der Waals surface area contributed by atoms with Crippen LogP contribution in [0, 0.1) is 11.6 Å². The minimum absolute atomic E-state index is 0.0147. The fourth-order valence-corrected chi connectivity index (χ4v) is 4.18. The van der Waals surface area contributed by atoms with E-state index in [2.05, 4.69) is 4.90 Å². The first-order valence-electron chi connectivity index (χ1n) is 10.6. The maximum atomic E-state index is 14.3. The number of halogens is 2. The van der Waals surface area contributed by atoms with Gasteiger partial charge in [0, 0.05) is 31.7 Å². The molecule has 1 N–H and O–H groups in total. The van der Waals surface area contributed by atoms with Crippen LogP contribution in [0.25, 0.3) is 5.76 Å². The Morgan fingerprint density at radius 3 is 2.55 bits per heavy atom. The number of aliphatic hydroxyl groups is 1. The summed E-state index contributed by atoms with van der Waals surface area (Å²) in [4.78, 5) is 29.4. The number of Topliss-reactive ketones (excluding diaryl/α,β-unsaturated/α-hetero) is 1. The number of amides is 1. The number of hydrogen-bond donors (Lipinski definition) is 1. The van der Waals surface area contributed by atoms with Crippen LogP contribution in [-0.4, -0.2) is 73.1 Å². The van der Waals surface area contributed by atoms with E-state index in [9.17, 15) is 23.5 Å². The predicted octanol–water partition coefficient (Wildman–Crippen LogP) is 2.73. The van der Waals surface area contributed by atoms with Gasteiger partial charge in [-0.2, -0.15) is 0 Å². The molecule has 2 aliphatic heterocycles. The largest absolute Gasteiger partial charge is 0.507 e. The second kappa shape index (κ2) is 9.68.